The Morgan fingerprint density at radius 3 is 2.33 bits per heavy atom. The minimum absolute atomic E-state index is 0.0289. The molecule has 0 aromatic rings. The average Bonchev–Trinajstić information content (AvgIpc) is 2.84. The summed E-state index contributed by atoms with van der Waals surface area (Å²) in [6, 6.07) is 0. The molecule has 0 heterocycles. The number of hydrogen-bond donors (Lipinski definition) is 1. The Kier molecular flexibility index (Phi) is 1.59. The van der Waals surface area contributed by atoms with E-state index in [0.29, 0.717) is 12.8 Å². The minimum Gasteiger partial charge on any atom is -0.345 e. The smallest absolute Gasteiger partial charge is 0.261 e. The predicted molar refractivity (Wildman–Crippen MR) is 38.8 cm³/mol. The first-order valence-corrected chi connectivity index (χ1v) is 4.24. The van der Waals surface area contributed by atoms with E-state index in [9.17, 15) is 13.6 Å². The maximum atomic E-state index is 12.3. The summed E-state index contributed by atoms with van der Waals surface area (Å²) in [5.41, 5.74) is -1.14. The van der Waals surface area contributed by atoms with Gasteiger partial charge in [0.05, 0.1) is 0 Å². The molecule has 0 bridgehead atoms. The lowest BCUT2D eigenvalue weighted by Gasteiger charge is -2.15. The van der Waals surface area contributed by atoms with Crippen molar-refractivity contribution >= 4 is 5.91 Å². The van der Waals surface area contributed by atoms with Crippen LogP contribution in [0.4, 0.5) is 8.78 Å². The molecule has 0 atom stereocenters. The van der Waals surface area contributed by atoms with Gasteiger partial charge in [0, 0.05) is 5.92 Å². The lowest BCUT2D eigenvalue weighted by molar-refractivity contribution is -0.124. The van der Waals surface area contributed by atoms with Crippen molar-refractivity contribution in [2.45, 2.75) is 37.6 Å². The summed E-state index contributed by atoms with van der Waals surface area (Å²) in [7, 11) is 0. The van der Waals surface area contributed by atoms with Crippen LogP contribution >= 0.6 is 0 Å². The summed E-state index contributed by atoms with van der Waals surface area (Å²) in [6.45, 7) is 0. The number of amides is 1. The van der Waals surface area contributed by atoms with Gasteiger partial charge in [-0.1, -0.05) is 0 Å². The van der Waals surface area contributed by atoms with Gasteiger partial charge in [0.15, 0.2) is 0 Å². The van der Waals surface area contributed by atoms with Crippen molar-refractivity contribution in [3.05, 3.63) is 0 Å². The van der Waals surface area contributed by atoms with E-state index in [2.05, 4.69) is 5.32 Å². The monoisotopic (exact) mass is 175 g/mol. The number of hydrogen-bond acceptors (Lipinski definition) is 1. The molecule has 0 spiro atoms. The fourth-order valence-electron chi connectivity index (χ4n) is 1.23. The largest absolute Gasteiger partial charge is 0.345 e. The number of carbonyl (C=O) groups excluding carboxylic acids is 1. The van der Waals surface area contributed by atoms with Crippen molar-refractivity contribution in [2.75, 3.05) is 0 Å². The van der Waals surface area contributed by atoms with E-state index in [1.807, 2.05) is 0 Å². The van der Waals surface area contributed by atoms with E-state index >= 15 is 0 Å². The van der Waals surface area contributed by atoms with Crippen molar-refractivity contribution in [1.29, 1.82) is 0 Å². The molecule has 0 unspecified atom stereocenters. The van der Waals surface area contributed by atoms with Crippen LogP contribution in [-0.4, -0.2) is 17.9 Å². The first-order chi connectivity index (χ1) is 5.64. The second kappa shape index (κ2) is 2.41. The standard InChI is InChI=1S/C8H11F2NO/c9-7(10)8(3-4-8)11-6(12)5-1-2-5/h5,7H,1-4H2,(H,11,12). The van der Waals surface area contributed by atoms with Gasteiger partial charge in [0.2, 0.25) is 5.91 Å². The molecule has 1 amide bonds. The molecule has 2 rings (SSSR count). The van der Waals surface area contributed by atoms with E-state index in [4.69, 9.17) is 0 Å². The lowest BCUT2D eigenvalue weighted by Crippen LogP contribution is -2.42. The molecule has 2 aliphatic rings. The van der Waals surface area contributed by atoms with Crippen LogP contribution in [0.15, 0.2) is 0 Å². The normalized spacial score (nSPS) is 25.6. The maximum absolute atomic E-state index is 12.3. The molecule has 68 valence electrons. The Labute approximate surface area is 69.3 Å². The van der Waals surface area contributed by atoms with Gasteiger partial charge in [-0.2, -0.15) is 0 Å². The molecule has 4 heteroatoms. The molecule has 0 radical (unpaired) electrons. The number of carbonyl (C=O) groups is 1. The summed E-state index contributed by atoms with van der Waals surface area (Å²) in [5.74, 6) is -0.144. The van der Waals surface area contributed by atoms with Gasteiger partial charge in [-0.3, -0.25) is 4.79 Å². The van der Waals surface area contributed by atoms with Crippen LogP contribution in [-0.2, 0) is 4.79 Å². The van der Waals surface area contributed by atoms with Crippen LogP contribution in [0.3, 0.4) is 0 Å². The quantitative estimate of drug-likeness (QED) is 0.688. The number of alkyl halides is 2. The summed E-state index contributed by atoms with van der Waals surface area (Å²) >= 11 is 0. The van der Waals surface area contributed by atoms with E-state index < -0.39 is 12.0 Å². The second-order valence-electron chi connectivity index (χ2n) is 3.72. The molecule has 0 aromatic heterocycles. The molecule has 1 N–H and O–H groups in total. The number of halogens is 2. The summed E-state index contributed by atoms with van der Waals surface area (Å²) in [5, 5.41) is 2.44. The van der Waals surface area contributed by atoms with Crippen LogP contribution in [0.1, 0.15) is 25.7 Å². The molecule has 2 saturated carbocycles. The van der Waals surface area contributed by atoms with E-state index in [0.717, 1.165) is 12.8 Å². The molecule has 0 saturated heterocycles. The molecule has 2 fully saturated rings. The third kappa shape index (κ3) is 1.30. The van der Waals surface area contributed by atoms with Crippen LogP contribution in [0.5, 0.6) is 0 Å². The SMILES string of the molecule is O=C(NC1(C(F)F)CC1)C1CC1. The first-order valence-electron chi connectivity index (χ1n) is 4.24. The zero-order valence-electron chi connectivity index (χ0n) is 6.65. The summed E-state index contributed by atoms with van der Waals surface area (Å²) in [4.78, 5) is 11.1. The van der Waals surface area contributed by atoms with Gasteiger partial charge in [0.1, 0.15) is 5.54 Å². The summed E-state index contributed by atoms with van der Waals surface area (Å²) < 4.78 is 24.6. The Balaban J connectivity index is 1.88. The van der Waals surface area contributed by atoms with Crippen molar-refractivity contribution in [1.82, 2.24) is 5.32 Å². The molecule has 2 nitrogen and oxygen atoms in total. The molecule has 12 heavy (non-hydrogen) atoms. The highest BCUT2D eigenvalue weighted by Gasteiger charge is 2.53. The van der Waals surface area contributed by atoms with E-state index in [-0.39, 0.29) is 11.8 Å². The molecule has 2 aliphatic carbocycles. The van der Waals surface area contributed by atoms with Crippen LogP contribution in [0.2, 0.25) is 0 Å². The van der Waals surface area contributed by atoms with Crippen LogP contribution in [0, 0.1) is 5.92 Å². The van der Waals surface area contributed by atoms with E-state index in [1.165, 1.54) is 0 Å². The summed E-state index contributed by atoms with van der Waals surface area (Å²) in [6.07, 6.45) is 0.197. The van der Waals surface area contributed by atoms with Crippen molar-refractivity contribution in [3.63, 3.8) is 0 Å². The second-order valence-corrected chi connectivity index (χ2v) is 3.72. The van der Waals surface area contributed by atoms with Crippen molar-refractivity contribution < 1.29 is 13.6 Å². The molecule has 0 aromatic carbocycles. The fourth-order valence-corrected chi connectivity index (χ4v) is 1.23. The van der Waals surface area contributed by atoms with Gasteiger partial charge in [-0.05, 0) is 25.7 Å². The Morgan fingerprint density at radius 1 is 1.42 bits per heavy atom. The third-order valence-corrected chi connectivity index (χ3v) is 2.53. The first kappa shape index (κ1) is 7.95. The topological polar surface area (TPSA) is 29.1 Å². The fraction of sp³-hybridized carbons (Fsp3) is 0.875. The van der Waals surface area contributed by atoms with Crippen LogP contribution < -0.4 is 5.32 Å². The van der Waals surface area contributed by atoms with Gasteiger partial charge < -0.3 is 5.32 Å². The van der Waals surface area contributed by atoms with Gasteiger partial charge in [-0.15, -0.1) is 0 Å². The Morgan fingerprint density at radius 2 is 2.00 bits per heavy atom. The molecule has 0 aliphatic heterocycles. The highest BCUT2D eigenvalue weighted by molar-refractivity contribution is 5.82. The molecular formula is C8H11F2NO. The van der Waals surface area contributed by atoms with Gasteiger partial charge in [0.25, 0.3) is 6.43 Å². The maximum Gasteiger partial charge on any atom is 0.261 e. The van der Waals surface area contributed by atoms with Gasteiger partial charge in [-0.25, -0.2) is 8.78 Å². The predicted octanol–water partition coefficient (Wildman–Crippen LogP) is 1.31. The van der Waals surface area contributed by atoms with Crippen LogP contribution in [0.25, 0.3) is 0 Å². The van der Waals surface area contributed by atoms with Gasteiger partial charge >= 0.3 is 0 Å². The minimum atomic E-state index is -2.40. The van der Waals surface area contributed by atoms with E-state index in [1.54, 1.807) is 0 Å². The average molecular weight is 175 g/mol. The molecular weight excluding hydrogens is 164 g/mol. The highest BCUT2D eigenvalue weighted by atomic mass is 19.3. The third-order valence-electron chi connectivity index (χ3n) is 2.53. The Hall–Kier alpha value is -0.670. The number of rotatable bonds is 3. The number of nitrogens with one attached hydrogen (secondary N) is 1. The zero-order chi connectivity index (χ0) is 8.77. The van der Waals surface area contributed by atoms with Crippen molar-refractivity contribution in [3.8, 4) is 0 Å². The lowest BCUT2D eigenvalue weighted by atomic mass is 10.2. The van der Waals surface area contributed by atoms with Crippen molar-refractivity contribution in [2.24, 2.45) is 5.92 Å². The highest BCUT2D eigenvalue weighted by Crippen LogP contribution is 2.42. The zero-order valence-corrected chi connectivity index (χ0v) is 6.65. The Bertz CT molecular complexity index is 209.